The van der Waals surface area contributed by atoms with Crippen LogP contribution in [-0.4, -0.2) is 18.4 Å². The van der Waals surface area contributed by atoms with Crippen LogP contribution in [0.2, 0.25) is 0 Å². The molecule has 0 spiro atoms. The zero-order chi connectivity index (χ0) is 12.6. The van der Waals surface area contributed by atoms with Gasteiger partial charge in [-0.2, -0.15) is 0 Å². The van der Waals surface area contributed by atoms with Crippen LogP contribution in [0.1, 0.15) is 48.5 Å². The van der Waals surface area contributed by atoms with Crippen molar-refractivity contribution in [3.8, 4) is 0 Å². The topological polar surface area (TPSA) is 72.2 Å². The third-order valence-corrected chi connectivity index (χ3v) is 0.426. The molecule has 3 N–H and O–H groups in total. The summed E-state index contributed by atoms with van der Waals surface area (Å²) in [6.07, 6.45) is 0. The third-order valence-electron chi connectivity index (χ3n) is 0.426. The number of carbonyl (C=O) groups excluding carboxylic acids is 2. The molecule has 14 heavy (non-hydrogen) atoms. The summed E-state index contributed by atoms with van der Waals surface area (Å²) in [7, 11) is 0. The second-order valence-electron chi connectivity index (χ2n) is 1.70. The summed E-state index contributed by atoms with van der Waals surface area (Å²) in [5.41, 5.74) is 4.47. The maximum atomic E-state index is 9.93. The average molecular weight is 206 g/mol. The molecular weight excluding hydrogens is 180 g/mol. The summed E-state index contributed by atoms with van der Waals surface area (Å²) in [5.74, 6) is -0.294. The minimum Gasteiger partial charge on any atom is -0.370 e. The molecule has 4 nitrogen and oxygen atoms in total. The molecule has 0 bridgehead atoms. The van der Waals surface area contributed by atoms with Gasteiger partial charge in [-0.1, -0.05) is 27.7 Å². The molecular formula is C10H26N2O2. The van der Waals surface area contributed by atoms with Gasteiger partial charge < -0.3 is 11.1 Å². The molecule has 0 aromatic rings. The first-order chi connectivity index (χ1) is 6.50. The molecule has 0 saturated carbocycles. The van der Waals surface area contributed by atoms with Crippen molar-refractivity contribution in [1.29, 1.82) is 0 Å². The number of hydrogen-bond acceptors (Lipinski definition) is 2. The van der Waals surface area contributed by atoms with Gasteiger partial charge in [0.1, 0.15) is 0 Å². The third kappa shape index (κ3) is 287. The maximum Gasteiger partial charge on any atom is 0.216 e. The van der Waals surface area contributed by atoms with Gasteiger partial charge in [-0.3, -0.25) is 9.59 Å². The Bertz CT molecular complexity index is 111. The number of hydrogen-bond donors (Lipinski definition) is 2. The fourth-order valence-corrected chi connectivity index (χ4v) is 0.249. The van der Waals surface area contributed by atoms with E-state index in [1.54, 1.807) is 0 Å². The lowest BCUT2D eigenvalue weighted by molar-refractivity contribution is -0.119. The van der Waals surface area contributed by atoms with Crippen LogP contribution in [0.4, 0.5) is 0 Å². The van der Waals surface area contributed by atoms with Crippen LogP contribution >= 0.6 is 0 Å². The van der Waals surface area contributed by atoms with E-state index in [0.717, 1.165) is 6.54 Å². The van der Waals surface area contributed by atoms with E-state index in [2.05, 4.69) is 11.1 Å². The molecule has 0 radical (unpaired) electrons. The zero-order valence-electron chi connectivity index (χ0n) is 10.6. The summed E-state index contributed by atoms with van der Waals surface area (Å²) in [5, 5.41) is 2.57. The molecule has 0 atom stereocenters. The highest BCUT2D eigenvalue weighted by Gasteiger charge is 1.78. The lowest BCUT2D eigenvalue weighted by Crippen LogP contribution is -2.18. The summed E-state index contributed by atoms with van der Waals surface area (Å²) < 4.78 is 0. The first-order valence-corrected chi connectivity index (χ1v) is 5.01. The Morgan fingerprint density at radius 2 is 1.29 bits per heavy atom. The number of carbonyl (C=O) groups is 2. The van der Waals surface area contributed by atoms with Gasteiger partial charge in [0.25, 0.3) is 0 Å². The molecule has 0 aromatic carbocycles. The number of rotatable bonds is 1. The van der Waals surface area contributed by atoms with Crippen molar-refractivity contribution in [2.45, 2.75) is 48.5 Å². The first-order valence-electron chi connectivity index (χ1n) is 5.01. The Hall–Kier alpha value is -1.06. The van der Waals surface area contributed by atoms with E-state index < -0.39 is 0 Å². The molecule has 0 unspecified atom stereocenters. The van der Waals surface area contributed by atoms with Crippen LogP contribution in [-0.2, 0) is 9.59 Å². The second kappa shape index (κ2) is 29.7. The number of amides is 2. The van der Waals surface area contributed by atoms with Gasteiger partial charge in [0.15, 0.2) is 0 Å². The van der Waals surface area contributed by atoms with Crippen molar-refractivity contribution in [2.75, 3.05) is 6.54 Å². The highest BCUT2D eigenvalue weighted by Crippen LogP contribution is 1.54. The Morgan fingerprint density at radius 1 is 1.07 bits per heavy atom. The van der Waals surface area contributed by atoms with E-state index >= 15 is 0 Å². The summed E-state index contributed by atoms with van der Waals surface area (Å²) >= 11 is 0. The Morgan fingerprint density at radius 3 is 1.29 bits per heavy atom. The lowest BCUT2D eigenvalue weighted by atomic mass is 10.6. The Labute approximate surface area is 88.3 Å². The minimum absolute atomic E-state index is 0.0394. The number of nitrogens with one attached hydrogen (secondary N) is 1. The fraction of sp³-hybridized carbons (Fsp3) is 0.800. The van der Waals surface area contributed by atoms with E-state index in [1.165, 1.54) is 13.8 Å². The molecule has 0 aliphatic rings. The molecule has 0 fully saturated rings. The van der Waals surface area contributed by atoms with Crippen molar-refractivity contribution in [3.05, 3.63) is 0 Å². The smallest absolute Gasteiger partial charge is 0.216 e. The maximum absolute atomic E-state index is 9.93. The highest BCUT2D eigenvalue weighted by atomic mass is 16.1. The van der Waals surface area contributed by atoms with Crippen molar-refractivity contribution < 1.29 is 9.59 Å². The SMILES string of the molecule is CC.CC.CC(N)=O.CCNC(C)=O. The Balaban J connectivity index is -0.0000000546. The molecule has 88 valence electrons. The van der Waals surface area contributed by atoms with Gasteiger partial charge in [-0.25, -0.2) is 0 Å². The van der Waals surface area contributed by atoms with Gasteiger partial charge in [0.2, 0.25) is 11.8 Å². The predicted octanol–water partition coefficient (Wildman–Crippen LogP) is 1.69. The van der Waals surface area contributed by atoms with Gasteiger partial charge in [-0.15, -0.1) is 0 Å². The van der Waals surface area contributed by atoms with E-state index in [-0.39, 0.29) is 11.8 Å². The molecule has 0 aliphatic carbocycles. The summed E-state index contributed by atoms with van der Waals surface area (Å²) in [4.78, 5) is 19.2. The number of primary amides is 1. The average Bonchev–Trinajstić information content (AvgIpc) is 2.10. The standard InChI is InChI=1S/C4H9NO.C2H5NO.2C2H6/c1-3-5-4(2)6;1-2(3)4;2*1-2/h3H2,1-2H3,(H,5,6);1H3,(H2,3,4);2*1-2H3. The summed E-state index contributed by atoms with van der Waals surface area (Å²) in [6, 6.07) is 0. The molecule has 0 aliphatic heterocycles. The van der Waals surface area contributed by atoms with Crippen molar-refractivity contribution in [2.24, 2.45) is 5.73 Å². The Kier molecular flexibility index (Phi) is 48.9. The zero-order valence-corrected chi connectivity index (χ0v) is 10.6. The van der Waals surface area contributed by atoms with E-state index in [0.29, 0.717) is 0 Å². The van der Waals surface area contributed by atoms with Gasteiger partial charge in [0, 0.05) is 20.4 Å². The monoisotopic (exact) mass is 206 g/mol. The molecule has 0 saturated heterocycles. The van der Waals surface area contributed by atoms with Crippen molar-refractivity contribution in [3.63, 3.8) is 0 Å². The van der Waals surface area contributed by atoms with E-state index in [1.807, 2.05) is 34.6 Å². The normalized spacial score (nSPS) is 5.93. The molecule has 0 aromatic heterocycles. The summed E-state index contributed by atoms with van der Waals surface area (Å²) in [6.45, 7) is 13.4. The van der Waals surface area contributed by atoms with Crippen LogP contribution in [0, 0.1) is 0 Å². The van der Waals surface area contributed by atoms with Crippen LogP contribution in [0.3, 0.4) is 0 Å². The van der Waals surface area contributed by atoms with E-state index in [4.69, 9.17) is 0 Å². The molecule has 0 heterocycles. The van der Waals surface area contributed by atoms with Gasteiger partial charge >= 0.3 is 0 Å². The molecule has 0 rings (SSSR count). The highest BCUT2D eigenvalue weighted by molar-refractivity contribution is 5.72. The second-order valence-corrected chi connectivity index (χ2v) is 1.70. The van der Waals surface area contributed by atoms with Gasteiger partial charge in [0.05, 0.1) is 0 Å². The van der Waals surface area contributed by atoms with Gasteiger partial charge in [-0.05, 0) is 6.92 Å². The minimum atomic E-state index is -0.333. The van der Waals surface area contributed by atoms with E-state index in [9.17, 15) is 9.59 Å². The molecule has 2 amide bonds. The largest absolute Gasteiger partial charge is 0.370 e. The van der Waals surface area contributed by atoms with Crippen LogP contribution < -0.4 is 11.1 Å². The molecule has 4 heteroatoms. The predicted molar refractivity (Wildman–Crippen MR) is 61.9 cm³/mol. The number of nitrogens with two attached hydrogens (primary N) is 1. The first kappa shape index (κ1) is 23.1. The fourth-order valence-electron chi connectivity index (χ4n) is 0.249. The van der Waals surface area contributed by atoms with Crippen LogP contribution in [0.5, 0.6) is 0 Å². The quantitative estimate of drug-likeness (QED) is 0.685. The van der Waals surface area contributed by atoms with Crippen molar-refractivity contribution in [1.82, 2.24) is 5.32 Å². The lowest BCUT2D eigenvalue weighted by Gasteiger charge is -1.88. The van der Waals surface area contributed by atoms with Crippen LogP contribution in [0.25, 0.3) is 0 Å². The van der Waals surface area contributed by atoms with Crippen LogP contribution in [0.15, 0.2) is 0 Å². The van der Waals surface area contributed by atoms with Crippen molar-refractivity contribution >= 4 is 11.8 Å².